The maximum atomic E-state index is 3.90. The van der Waals surface area contributed by atoms with Gasteiger partial charge in [0.2, 0.25) is 0 Å². The average molecular weight is 212 g/mol. The van der Waals surface area contributed by atoms with Crippen LogP contribution in [0.25, 0.3) is 0 Å². The smallest absolute Gasteiger partial charge is 0.0808 e. The van der Waals surface area contributed by atoms with Crippen molar-refractivity contribution in [3.63, 3.8) is 0 Å². The summed E-state index contributed by atoms with van der Waals surface area (Å²) < 4.78 is 0. The third-order valence-electron chi connectivity index (χ3n) is 3.95. The molecule has 4 aliphatic rings. The molecule has 1 N–H and O–H groups in total. The van der Waals surface area contributed by atoms with Gasteiger partial charge in [-0.2, -0.15) is 0 Å². The lowest BCUT2D eigenvalue weighted by Gasteiger charge is -2.51. The number of thioether (sulfide) groups is 1. The second-order valence-electron chi connectivity index (χ2n) is 5.74. The molecule has 1 spiro atoms. The van der Waals surface area contributed by atoms with Crippen LogP contribution in [0.3, 0.4) is 0 Å². The Labute approximate surface area is 90.8 Å². The van der Waals surface area contributed by atoms with Gasteiger partial charge in [0.15, 0.2) is 0 Å². The van der Waals surface area contributed by atoms with Crippen molar-refractivity contribution in [3.8, 4) is 0 Å². The average Bonchev–Trinajstić information content (AvgIpc) is 2.44. The topological polar surface area (TPSA) is 15.3 Å². The standard InChI is InChI=1S/C11H20N2S/c1-10(2)8-14-11(12-10)7-13-5-3-9(11)4-6-13/h9,12H,3-8H2,1-2H3. The minimum Gasteiger partial charge on any atom is -0.301 e. The zero-order chi connectivity index (χ0) is 9.81. The van der Waals surface area contributed by atoms with E-state index in [0.29, 0.717) is 10.4 Å². The first kappa shape index (κ1) is 9.49. The van der Waals surface area contributed by atoms with Gasteiger partial charge in [0.05, 0.1) is 4.87 Å². The molecule has 0 aromatic rings. The molecular weight excluding hydrogens is 192 g/mol. The summed E-state index contributed by atoms with van der Waals surface area (Å²) in [6.45, 7) is 8.65. The lowest BCUT2D eigenvalue weighted by Crippen LogP contribution is -2.64. The van der Waals surface area contributed by atoms with Gasteiger partial charge in [-0.3, -0.25) is 5.32 Å². The molecule has 0 amide bonds. The number of fused-ring (bicyclic) bond motifs is 2. The summed E-state index contributed by atoms with van der Waals surface area (Å²) in [7, 11) is 0. The van der Waals surface area contributed by atoms with Crippen molar-refractivity contribution in [2.75, 3.05) is 25.4 Å². The van der Waals surface area contributed by atoms with Crippen LogP contribution in [0.5, 0.6) is 0 Å². The van der Waals surface area contributed by atoms with Gasteiger partial charge in [0.25, 0.3) is 0 Å². The quantitative estimate of drug-likeness (QED) is 0.655. The van der Waals surface area contributed by atoms with E-state index >= 15 is 0 Å². The van der Waals surface area contributed by atoms with Crippen molar-refractivity contribution in [3.05, 3.63) is 0 Å². The normalized spacial score (nSPS) is 50.1. The van der Waals surface area contributed by atoms with Gasteiger partial charge in [-0.1, -0.05) is 0 Å². The Morgan fingerprint density at radius 3 is 2.43 bits per heavy atom. The summed E-state index contributed by atoms with van der Waals surface area (Å²) in [5, 5.41) is 3.90. The molecule has 1 unspecified atom stereocenters. The Bertz CT molecular complexity index is 246. The van der Waals surface area contributed by atoms with E-state index < -0.39 is 0 Å². The number of hydrogen-bond acceptors (Lipinski definition) is 3. The summed E-state index contributed by atoms with van der Waals surface area (Å²) >= 11 is 2.18. The fourth-order valence-electron chi connectivity index (χ4n) is 3.28. The summed E-state index contributed by atoms with van der Waals surface area (Å²) in [6, 6.07) is 0. The molecule has 1 atom stereocenters. The van der Waals surface area contributed by atoms with Crippen molar-refractivity contribution < 1.29 is 0 Å². The Morgan fingerprint density at radius 2 is 2.00 bits per heavy atom. The van der Waals surface area contributed by atoms with E-state index in [0.717, 1.165) is 5.92 Å². The SMILES string of the molecule is CC1(C)CSC2(CN3CCC2CC3)N1. The monoisotopic (exact) mass is 212 g/mol. The third kappa shape index (κ3) is 1.33. The van der Waals surface area contributed by atoms with E-state index in [1.807, 2.05) is 0 Å². The number of hydrogen-bond donors (Lipinski definition) is 1. The van der Waals surface area contributed by atoms with Gasteiger partial charge >= 0.3 is 0 Å². The lowest BCUT2D eigenvalue weighted by molar-refractivity contribution is 0.0496. The maximum Gasteiger partial charge on any atom is 0.0808 e. The molecule has 4 fully saturated rings. The second-order valence-corrected chi connectivity index (χ2v) is 7.04. The lowest BCUT2D eigenvalue weighted by atomic mass is 9.82. The van der Waals surface area contributed by atoms with Gasteiger partial charge in [0, 0.05) is 17.8 Å². The van der Waals surface area contributed by atoms with Gasteiger partial charge in [-0.25, -0.2) is 0 Å². The maximum absolute atomic E-state index is 3.90. The van der Waals surface area contributed by atoms with Crippen LogP contribution < -0.4 is 5.32 Å². The molecule has 0 aromatic heterocycles. The van der Waals surface area contributed by atoms with E-state index in [9.17, 15) is 0 Å². The Hall–Kier alpha value is 0.270. The van der Waals surface area contributed by atoms with Crippen LogP contribution in [0.2, 0.25) is 0 Å². The molecule has 2 bridgehead atoms. The van der Waals surface area contributed by atoms with Gasteiger partial charge < -0.3 is 4.90 Å². The Kier molecular flexibility index (Phi) is 1.96. The molecule has 0 aliphatic carbocycles. The molecule has 4 heterocycles. The molecule has 4 saturated heterocycles. The summed E-state index contributed by atoms with van der Waals surface area (Å²) in [5.74, 6) is 2.21. The molecule has 14 heavy (non-hydrogen) atoms. The van der Waals surface area contributed by atoms with Crippen molar-refractivity contribution in [2.45, 2.75) is 37.1 Å². The predicted molar refractivity (Wildman–Crippen MR) is 61.6 cm³/mol. The molecule has 3 heteroatoms. The molecule has 80 valence electrons. The minimum atomic E-state index is 0.350. The summed E-state index contributed by atoms with van der Waals surface area (Å²) in [4.78, 5) is 3.06. The van der Waals surface area contributed by atoms with E-state index in [2.05, 4.69) is 35.8 Å². The van der Waals surface area contributed by atoms with Crippen molar-refractivity contribution in [1.82, 2.24) is 10.2 Å². The predicted octanol–water partition coefficient (Wildman–Crippen LogP) is 1.52. The van der Waals surface area contributed by atoms with Gasteiger partial charge in [-0.05, 0) is 45.7 Å². The van der Waals surface area contributed by atoms with Crippen molar-refractivity contribution in [1.29, 1.82) is 0 Å². The van der Waals surface area contributed by atoms with Crippen molar-refractivity contribution >= 4 is 11.8 Å². The van der Waals surface area contributed by atoms with Crippen LogP contribution in [0.15, 0.2) is 0 Å². The van der Waals surface area contributed by atoms with E-state index in [1.54, 1.807) is 0 Å². The first-order valence-electron chi connectivity index (χ1n) is 5.75. The van der Waals surface area contributed by atoms with Crippen LogP contribution in [0, 0.1) is 5.92 Å². The van der Waals surface area contributed by atoms with Gasteiger partial charge in [0.1, 0.15) is 0 Å². The Morgan fingerprint density at radius 1 is 1.29 bits per heavy atom. The van der Waals surface area contributed by atoms with Crippen LogP contribution in [-0.4, -0.2) is 40.7 Å². The molecular formula is C11H20N2S. The van der Waals surface area contributed by atoms with Crippen LogP contribution >= 0.6 is 11.8 Å². The first-order chi connectivity index (χ1) is 6.60. The number of piperidine rings is 3. The zero-order valence-corrected chi connectivity index (χ0v) is 9.99. The van der Waals surface area contributed by atoms with E-state index in [-0.39, 0.29) is 0 Å². The summed E-state index contributed by atoms with van der Waals surface area (Å²) in [5.41, 5.74) is 0.350. The second kappa shape index (κ2) is 2.89. The number of nitrogens with one attached hydrogen (secondary N) is 1. The fourth-order valence-corrected chi connectivity index (χ4v) is 5.06. The fraction of sp³-hybridized carbons (Fsp3) is 1.00. The van der Waals surface area contributed by atoms with E-state index in [4.69, 9.17) is 0 Å². The van der Waals surface area contributed by atoms with Crippen LogP contribution in [0.1, 0.15) is 26.7 Å². The molecule has 4 rings (SSSR count). The zero-order valence-electron chi connectivity index (χ0n) is 9.18. The Balaban J connectivity index is 1.84. The summed E-state index contributed by atoms with van der Waals surface area (Å²) in [6.07, 6.45) is 2.83. The molecule has 4 aliphatic heterocycles. The number of rotatable bonds is 0. The van der Waals surface area contributed by atoms with Crippen molar-refractivity contribution in [2.24, 2.45) is 5.92 Å². The number of nitrogens with zero attached hydrogens (tertiary/aromatic N) is 1. The highest BCUT2D eigenvalue weighted by Gasteiger charge is 2.52. The van der Waals surface area contributed by atoms with Gasteiger partial charge in [-0.15, -0.1) is 11.8 Å². The first-order valence-corrected chi connectivity index (χ1v) is 6.74. The van der Waals surface area contributed by atoms with E-state index in [1.165, 1.54) is 38.2 Å². The largest absolute Gasteiger partial charge is 0.301 e. The van der Waals surface area contributed by atoms with Crippen LogP contribution in [-0.2, 0) is 0 Å². The van der Waals surface area contributed by atoms with Crippen LogP contribution in [0.4, 0.5) is 0 Å². The molecule has 0 saturated carbocycles. The molecule has 0 aromatic carbocycles. The third-order valence-corrected chi connectivity index (χ3v) is 5.89. The molecule has 2 nitrogen and oxygen atoms in total. The highest BCUT2D eigenvalue weighted by Crippen LogP contribution is 2.48. The minimum absolute atomic E-state index is 0.350. The highest BCUT2D eigenvalue weighted by atomic mass is 32.2. The highest BCUT2D eigenvalue weighted by molar-refractivity contribution is 8.01. The molecule has 0 radical (unpaired) electrons.